The lowest BCUT2D eigenvalue weighted by Crippen LogP contribution is -2.60. The quantitative estimate of drug-likeness (QED) is 0.407. The Morgan fingerprint density at radius 3 is 2.53 bits per heavy atom. The molecule has 3 aromatic rings. The number of thiazole rings is 1. The van der Waals surface area contributed by atoms with E-state index < -0.39 is 37.3 Å². The average molecular weight is 461 g/mol. The summed E-state index contributed by atoms with van der Waals surface area (Å²) in [4.78, 5) is 0. The minimum Gasteiger partial charge on any atom is -0.493 e. The Morgan fingerprint density at radius 1 is 1.03 bits per heavy atom. The van der Waals surface area contributed by atoms with Gasteiger partial charge in [-0.3, -0.25) is 0 Å². The summed E-state index contributed by atoms with van der Waals surface area (Å²) in [5, 5.41) is 40.5. The maximum absolute atomic E-state index is 10.2. The van der Waals surface area contributed by atoms with Gasteiger partial charge in [0.05, 0.1) is 13.7 Å². The number of methoxy groups -OCH3 is 1. The number of aliphatic hydroxyl groups excluding tert-OH is 4. The lowest BCUT2D eigenvalue weighted by molar-refractivity contribution is -0.642. The van der Waals surface area contributed by atoms with E-state index in [0.29, 0.717) is 11.5 Å². The topological polar surface area (TPSA) is 112 Å². The molecule has 1 aliphatic rings. The summed E-state index contributed by atoms with van der Waals surface area (Å²) in [6.07, 6.45) is -2.79. The summed E-state index contributed by atoms with van der Waals surface area (Å²) in [5.41, 5.74) is 2.04. The fourth-order valence-electron chi connectivity index (χ4n) is 3.61. The number of aromatic nitrogens is 1. The minimum absolute atomic E-state index is 0.293. The van der Waals surface area contributed by atoms with Crippen molar-refractivity contribution in [3.8, 4) is 11.5 Å². The molecule has 4 rings (SSSR count). The number of aryl methyl sites for hydroxylation is 1. The van der Waals surface area contributed by atoms with Gasteiger partial charge in [0.1, 0.15) is 36.2 Å². The van der Waals surface area contributed by atoms with E-state index in [1.54, 1.807) is 23.5 Å². The predicted molar refractivity (Wildman–Crippen MR) is 119 cm³/mol. The maximum Gasteiger partial charge on any atom is 0.262 e. The predicted octanol–water partition coefficient (Wildman–Crippen LogP) is 1.08. The van der Waals surface area contributed by atoms with Crippen molar-refractivity contribution >= 4 is 33.7 Å². The van der Waals surface area contributed by atoms with Crippen molar-refractivity contribution in [1.29, 1.82) is 0 Å². The van der Waals surface area contributed by atoms with Gasteiger partial charge in [0.25, 0.3) is 5.01 Å². The Kier molecular flexibility index (Phi) is 6.75. The third-order valence-corrected chi connectivity index (χ3v) is 6.65. The Balaban J connectivity index is 1.54. The van der Waals surface area contributed by atoms with Crippen LogP contribution >= 0.6 is 11.3 Å². The number of benzene rings is 2. The van der Waals surface area contributed by atoms with Crippen LogP contribution in [0.1, 0.15) is 10.6 Å². The van der Waals surface area contributed by atoms with Crippen LogP contribution in [-0.2, 0) is 11.8 Å². The van der Waals surface area contributed by atoms with Crippen LogP contribution in [0.25, 0.3) is 22.4 Å². The zero-order valence-electron chi connectivity index (χ0n) is 17.7. The molecule has 1 fully saturated rings. The fraction of sp³-hybridized carbons (Fsp3) is 0.348. The number of nitrogens with zero attached hydrogens (tertiary/aromatic N) is 1. The molecule has 0 bridgehead atoms. The van der Waals surface area contributed by atoms with Crippen molar-refractivity contribution in [2.45, 2.75) is 30.7 Å². The van der Waals surface area contributed by atoms with Gasteiger partial charge in [-0.2, -0.15) is 4.57 Å². The molecule has 0 aliphatic carbocycles. The van der Waals surface area contributed by atoms with E-state index >= 15 is 0 Å². The van der Waals surface area contributed by atoms with E-state index in [-0.39, 0.29) is 0 Å². The van der Waals surface area contributed by atoms with Crippen LogP contribution in [0.3, 0.4) is 0 Å². The molecule has 8 nitrogen and oxygen atoms in total. The Morgan fingerprint density at radius 2 is 1.81 bits per heavy atom. The summed E-state index contributed by atoms with van der Waals surface area (Å²) < 4.78 is 19.9. The second kappa shape index (κ2) is 9.53. The standard InChI is InChI=1S/C23H26NO7S/c1-24-14-5-3-4-6-18(14)32-19(24)10-8-13-7-9-15(16(11-13)29-2)30-23-22(28)21(27)20(26)17(12-25)31-23/h3-11,17,20-23,25-28H,12H2,1-2H3/q+1/t17-,20-,21+,22-,23-/m1/s1. The maximum atomic E-state index is 10.2. The Bertz CT molecular complexity index is 1110. The molecule has 2 heterocycles. The van der Waals surface area contributed by atoms with Crippen molar-refractivity contribution in [3.05, 3.63) is 53.0 Å². The second-order valence-corrected chi connectivity index (χ2v) is 8.59. The average Bonchev–Trinajstić information content (AvgIpc) is 3.14. The number of ether oxygens (including phenoxy) is 3. The molecule has 0 amide bonds. The summed E-state index contributed by atoms with van der Waals surface area (Å²) in [6, 6.07) is 13.5. The van der Waals surface area contributed by atoms with Gasteiger partial charge in [0.15, 0.2) is 11.5 Å². The van der Waals surface area contributed by atoms with Crippen LogP contribution in [0.5, 0.6) is 11.5 Å². The first-order valence-electron chi connectivity index (χ1n) is 10.1. The van der Waals surface area contributed by atoms with Gasteiger partial charge < -0.3 is 34.6 Å². The van der Waals surface area contributed by atoms with E-state index in [2.05, 4.69) is 16.7 Å². The number of para-hydroxylation sites is 1. The molecule has 1 aliphatic heterocycles. The SMILES string of the molecule is COc1cc(C=Cc2sc3ccccc3[n+]2C)ccc1O[C@@H]1O[C@H](CO)[C@@H](O)[C@H](O)[C@H]1O. The minimum atomic E-state index is -1.51. The first kappa shape index (κ1) is 22.7. The highest BCUT2D eigenvalue weighted by atomic mass is 32.1. The molecule has 0 radical (unpaired) electrons. The van der Waals surface area contributed by atoms with Crippen LogP contribution in [-0.4, -0.2) is 64.8 Å². The molecule has 0 spiro atoms. The highest BCUT2D eigenvalue weighted by Crippen LogP contribution is 2.32. The number of rotatable bonds is 6. The van der Waals surface area contributed by atoms with Gasteiger partial charge >= 0.3 is 0 Å². The molecule has 9 heteroatoms. The van der Waals surface area contributed by atoms with E-state index in [4.69, 9.17) is 14.2 Å². The molecule has 32 heavy (non-hydrogen) atoms. The van der Waals surface area contributed by atoms with Crippen LogP contribution in [0.4, 0.5) is 0 Å². The number of fused-ring (bicyclic) bond motifs is 1. The second-order valence-electron chi connectivity index (χ2n) is 7.53. The molecular formula is C23H26NO7S+. The van der Waals surface area contributed by atoms with Gasteiger partial charge in [-0.25, -0.2) is 0 Å². The smallest absolute Gasteiger partial charge is 0.262 e. The van der Waals surface area contributed by atoms with Crippen molar-refractivity contribution in [1.82, 2.24) is 0 Å². The van der Waals surface area contributed by atoms with Gasteiger partial charge in [0, 0.05) is 12.1 Å². The molecule has 1 saturated heterocycles. The van der Waals surface area contributed by atoms with Crippen molar-refractivity contribution in [2.75, 3.05) is 13.7 Å². The summed E-state index contributed by atoms with van der Waals surface area (Å²) >= 11 is 1.69. The Labute approximate surface area is 189 Å². The summed E-state index contributed by atoms with van der Waals surface area (Å²) in [5.74, 6) is 0.700. The molecule has 1 aromatic heterocycles. The third kappa shape index (κ3) is 4.36. The monoisotopic (exact) mass is 460 g/mol. The van der Waals surface area contributed by atoms with Crippen molar-refractivity contribution in [3.63, 3.8) is 0 Å². The van der Waals surface area contributed by atoms with Crippen LogP contribution < -0.4 is 14.0 Å². The van der Waals surface area contributed by atoms with E-state index in [1.807, 2.05) is 37.4 Å². The van der Waals surface area contributed by atoms with Crippen molar-refractivity contribution in [2.24, 2.45) is 7.05 Å². The zero-order valence-corrected chi connectivity index (χ0v) is 18.5. The summed E-state index contributed by atoms with van der Waals surface area (Å²) in [6.45, 7) is -0.527. The molecule has 0 saturated carbocycles. The largest absolute Gasteiger partial charge is 0.493 e. The van der Waals surface area contributed by atoms with E-state index in [0.717, 1.165) is 16.1 Å². The molecule has 0 unspecified atom stereocenters. The number of hydrogen-bond donors (Lipinski definition) is 4. The molecule has 5 atom stereocenters. The normalized spacial score (nSPS) is 26.0. The molecule has 170 valence electrons. The van der Waals surface area contributed by atoms with Gasteiger partial charge in [-0.05, 0) is 29.8 Å². The highest BCUT2D eigenvalue weighted by Gasteiger charge is 2.44. The number of aliphatic hydroxyl groups is 4. The molecular weight excluding hydrogens is 434 g/mol. The van der Waals surface area contributed by atoms with Crippen LogP contribution in [0.2, 0.25) is 0 Å². The molecule has 2 aromatic carbocycles. The highest BCUT2D eigenvalue weighted by molar-refractivity contribution is 7.18. The van der Waals surface area contributed by atoms with E-state index in [9.17, 15) is 20.4 Å². The third-order valence-electron chi connectivity index (χ3n) is 5.47. The van der Waals surface area contributed by atoms with Gasteiger partial charge in [0.2, 0.25) is 11.8 Å². The Hall–Kier alpha value is -2.53. The summed E-state index contributed by atoms with van der Waals surface area (Å²) in [7, 11) is 3.52. The van der Waals surface area contributed by atoms with E-state index in [1.165, 1.54) is 11.8 Å². The van der Waals surface area contributed by atoms with Crippen LogP contribution in [0, 0.1) is 0 Å². The van der Waals surface area contributed by atoms with Gasteiger partial charge in [-0.1, -0.05) is 29.5 Å². The van der Waals surface area contributed by atoms with Gasteiger partial charge in [-0.15, -0.1) is 0 Å². The zero-order chi connectivity index (χ0) is 22.8. The lowest BCUT2D eigenvalue weighted by Gasteiger charge is -2.39. The van der Waals surface area contributed by atoms with Crippen LogP contribution in [0.15, 0.2) is 42.5 Å². The fourth-order valence-corrected chi connectivity index (χ4v) is 4.66. The molecule has 4 N–H and O–H groups in total. The first-order valence-corrected chi connectivity index (χ1v) is 11.0. The lowest BCUT2D eigenvalue weighted by atomic mass is 9.99. The first-order chi connectivity index (χ1) is 15.4. The number of hydrogen-bond acceptors (Lipinski definition) is 8. The van der Waals surface area contributed by atoms with Crippen molar-refractivity contribution < 1.29 is 39.2 Å².